The molecular weight excluding hydrogens is 228 g/mol. The van der Waals surface area contributed by atoms with Crippen molar-refractivity contribution in [3.05, 3.63) is 24.3 Å². The molecule has 1 aromatic rings. The molecular formula is C15H22OS. The molecule has 0 aliphatic heterocycles. The van der Waals surface area contributed by atoms with E-state index < -0.39 is 0 Å². The summed E-state index contributed by atoms with van der Waals surface area (Å²) in [5.74, 6) is 3.06. The third-order valence-corrected chi connectivity index (χ3v) is 5.16. The molecule has 0 heterocycles. The van der Waals surface area contributed by atoms with E-state index in [0.717, 1.165) is 11.7 Å². The second-order valence-electron chi connectivity index (χ2n) is 5.56. The van der Waals surface area contributed by atoms with Crippen molar-refractivity contribution in [2.45, 2.75) is 38.0 Å². The summed E-state index contributed by atoms with van der Waals surface area (Å²) in [6.07, 6.45) is 4.19. The molecule has 0 N–H and O–H groups in total. The van der Waals surface area contributed by atoms with Gasteiger partial charge in [-0.2, -0.15) is 0 Å². The highest BCUT2D eigenvalue weighted by Gasteiger charge is 2.33. The molecule has 94 valence electrons. The van der Waals surface area contributed by atoms with E-state index in [9.17, 15) is 0 Å². The standard InChI is InChI=1S/C15H22OS/c1-15(2)10-4-5-12(15)11-17-14-8-6-13(16-3)7-9-14/h6-9,12H,4-5,10-11H2,1-3H3. The van der Waals surface area contributed by atoms with E-state index in [1.54, 1.807) is 7.11 Å². The van der Waals surface area contributed by atoms with Gasteiger partial charge in [-0.15, -0.1) is 11.8 Å². The molecule has 1 aromatic carbocycles. The normalized spacial score (nSPS) is 22.6. The van der Waals surface area contributed by atoms with Crippen LogP contribution in [0, 0.1) is 11.3 Å². The maximum atomic E-state index is 5.17. The first-order valence-corrected chi connectivity index (χ1v) is 7.37. The van der Waals surface area contributed by atoms with Crippen molar-refractivity contribution >= 4 is 11.8 Å². The van der Waals surface area contributed by atoms with Gasteiger partial charge in [0.1, 0.15) is 5.75 Å². The van der Waals surface area contributed by atoms with Crippen LogP contribution in [0.2, 0.25) is 0 Å². The molecule has 1 saturated carbocycles. The van der Waals surface area contributed by atoms with E-state index in [1.165, 1.54) is 29.9 Å². The third kappa shape index (κ3) is 3.19. The summed E-state index contributed by atoms with van der Waals surface area (Å²) in [6.45, 7) is 4.83. The molecule has 1 nitrogen and oxygen atoms in total. The summed E-state index contributed by atoms with van der Waals surface area (Å²) in [5.41, 5.74) is 0.541. The van der Waals surface area contributed by atoms with Crippen molar-refractivity contribution in [3.63, 3.8) is 0 Å². The number of rotatable bonds is 4. The fraction of sp³-hybridized carbons (Fsp3) is 0.600. The van der Waals surface area contributed by atoms with Gasteiger partial charge >= 0.3 is 0 Å². The monoisotopic (exact) mass is 250 g/mol. The lowest BCUT2D eigenvalue weighted by Gasteiger charge is -2.26. The lowest BCUT2D eigenvalue weighted by molar-refractivity contribution is 0.285. The van der Waals surface area contributed by atoms with Gasteiger partial charge in [0.15, 0.2) is 0 Å². The predicted molar refractivity (Wildman–Crippen MR) is 74.8 cm³/mol. The maximum Gasteiger partial charge on any atom is 0.118 e. The summed E-state index contributed by atoms with van der Waals surface area (Å²) in [4.78, 5) is 1.36. The van der Waals surface area contributed by atoms with Crippen molar-refractivity contribution in [2.24, 2.45) is 11.3 Å². The van der Waals surface area contributed by atoms with E-state index >= 15 is 0 Å². The van der Waals surface area contributed by atoms with Crippen LogP contribution in [0.15, 0.2) is 29.2 Å². The Morgan fingerprint density at radius 2 is 2.00 bits per heavy atom. The minimum Gasteiger partial charge on any atom is -0.497 e. The van der Waals surface area contributed by atoms with Crippen LogP contribution in [-0.4, -0.2) is 12.9 Å². The van der Waals surface area contributed by atoms with E-state index in [1.807, 2.05) is 23.9 Å². The van der Waals surface area contributed by atoms with Crippen LogP contribution in [0.5, 0.6) is 5.75 Å². The zero-order valence-corrected chi connectivity index (χ0v) is 11.8. The predicted octanol–water partition coefficient (Wildman–Crippen LogP) is 4.61. The molecule has 0 aromatic heterocycles. The molecule has 1 atom stereocenters. The molecule has 0 spiro atoms. The SMILES string of the molecule is COc1ccc(SCC2CCCC2(C)C)cc1. The fourth-order valence-corrected chi connectivity index (χ4v) is 3.92. The summed E-state index contributed by atoms with van der Waals surface area (Å²) in [5, 5.41) is 0. The summed E-state index contributed by atoms with van der Waals surface area (Å²) < 4.78 is 5.17. The average Bonchev–Trinajstić information content (AvgIpc) is 2.66. The zero-order valence-electron chi connectivity index (χ0n) is 11.0. The number of benzene rings is 1. The van der Waals surface area contributed by atoms with Gasteiger partial charge in [0.25, 0.3) is 0 Å². The maximum absolute atomic E-state index is 5.17. The molecule has 1 unspecified atom stereocenters. The fourth-order valence-electron chi connectivity index (χ4n) is 2.58. The number of methoxy groups -OCH3 is 1. The number of thioether (sulfide) groups is 1. The molecule has 0 bridgehead atoms. The molecule has 0 saturated heterocycles. The second kappa shape index (κ2) is 5.34. The van der Waals surface area contributed by atoms with Crippen LogP contribution >= 0.6 is 11.8 Å². The molecule has 2 rings (SSSR count). The van der Waals surface area contributed by atoms with Gasteiger partial charge in [-0.25, -0.2) is 0 Å². The first-order valence-electron chi connectivity index (χ1n) is 6.39. The topological polar surface area (TPSA) is 9.23 Å². The van der Waals surface area contributed by atoms with Crippen LogP contribution in [0.4, 0.5) is 0 Å². The zero-order chi connectivity index (χ0) is 12.3. The van der Waals surface area contributed by atoms with Crippen molar-refractivity contribution in [1.82, 2.24) is 0 Å². The molecule has 0 radical (unpaired) electrons. The molecule has 1 aliphatic rings. The smallest absolute Gasteiger partial charge is 0.118 e. The van der Waals surface area contributed by atoms with Crippen LogP contribution in [0.3, 0.4) is 0 Å². The average molecular weight is 250 g/mol. The Hall–Kier alpha value is -0.630. The molecule has 1 fully saturated rings. The molecule has 1 aliphatic carbocycles. The van der Waals surface area contributed by atoms with Crippen LogP contribution in [-0.2, 0) is 0 Å². The van der Waals surface area contributed by atoms with Crippen LogP contribution in [0.25, 0.3) is 0 Å². The highest BCUT2D eigenvalue weighted by Crippen LogP contribution is 2.44. The quantitative estimate of drug-likeness (QED) is 0.721. The number of hydrogen-bond donors (Lipinski definition) is 0. The summed E-state index contributed by atoms with van der Waals surface area (Å²) >= 11 is 1.98. The first-order chi connectivity index (χ1) is 8.12. The number of hydrogen-bond acceptors (Lipinski definition) is 2. The molecule has 0 amide bonds. The van der Waals surface area contributed by atoms with Crippen molar-refractivity contribution in [2.75, 3.05) is 12.9 Å². The van der Waals surface area contributed by atoms with Gasteiger partial charge in [0.2, 0.25) is 0 Å². The largest absolute Gasteiger partial charge is 0.497 e. The van der Waals surface area contributed by atoms with E-state index in [0.29, 0.717) is 5.41 Å². The minimum atomic E-state index is 0.541. The first kappa shape index (κ1) is 12.8. The Morgan fingerprint density at radius 3 is 2.53 bits per heavy atom. The van der Waals surface area contributed by atoms with Gasteiger partial charge < -0.3 is 4.74 Å². The van der Waals surface area contributed by atoms with Crippen LogP contribution in [0.1, 0.15) is 33.1 Å². The second-order valence-corrected chi connectivity index (χ2v) is 6.66. The van der Waals surface area contributed by atoms with Crippen LogP contribution < -0.4 is 4.74 Å². The van der Waals surface area contributed by atoms with Gasteiger partial charge in [-0.1, -0.05) is 20.3 Å². The minimum absolute atomic E-state index is 0.541. The Balaban J connectivity index is 1.89. The Labute approximate surface area is 109 Å². The highest BCUT2D eigenvalue weighted by atomic mass is 32.2. The van der Waals surface area contributed by atoms with Crippen molar-refractivity contribution in [3.8, 4) is 5.75 Å². The lowest BCUT2D eigenvalue weighted by Crippen LogP contribution is -2.19. The van der Waals surface area contributed by atoms with Gasteiger partial charge in [0.05, 0.1) is 7.11 Å². The van der Waals surface area contributed by atoms with Crippen molar-refractivity contribution in [1.29, 1.82) is 0 Å². The third-order valence-electron chi connectivity index (χ3n) is 3.99. The van der Waals surface area contributed by atoms with E-state index in [4.69, 9.17) is 4.74 Å². The summed E-state index contributed by atoms with van der Waals surface area (Å²) in [6, 6.07) is 8.40. The Bertz CT molecular complexity index is 356. The molecule has 2 heteroatoms. The Morgan fingerprint density at radius 1 is 1.29 bits per heavy atom. The van der Waals surface area contributed by atoms with Gasteiger partial charge in [0, 0.05) is 10.6 Å². The number of ether oxygens (including phenoxy) is 1. The van der Waals surface area contributed by atoms with E-state index in [2.05, 4.69) is 26.0 Å². The van der Waals surface area contributed by atoms with Gasteiger partial charge in [-0.3, -0.25) is 0 Å². The lowest BCUT2D eigenvalue weighted by atomic mass is 9.83. The highest BCUT2D eigenvalue weighted by molar-refractivity contribution is 7.99. The molecule has 17 heavy (non-hydrogen) atoms. The van der Waals surface area contributed by atoms with E-state index in [-0.39, 0.29) is 0 Å². The Kier molecular flexibility index (Phi) is 4.03. The van der Waals surface area contributed by atoms with Crippen molar-refractivity contribution < 1.29 is 4.74 Å². The van der Waals surface area contributed by atoms with Gasteiger partial charge in [-0.05, 0) is 48.4 Å². The summed E-state index contributed by atoms with van der Waals surface area (Å²) in [7, 11) is 1.71.